The molecule has 2 heterocycles. The molecule has 18 heavy (non-hydrogen) atoms. The van der Waals surface area contributed by atoms with Gasteiger partial charge in [0.1, 0.15) is 5.65 Å². The van der Waals surface area contributed by atoms with Gasteiger partial charge in [0.2, 0.25) is 0 Å². The number of rotatable bonds is 0. The van der Waals surface area contributed by atoms with Gasteiger partial charge in [-0.2, -0.15) is 4.98 Å². The van der Waals surface area contributed by atoms with Crippen molar-refractivity contribution >= 4 is 16.4 Å². The molecule has 0 N–H and O–H groups in total. The molecule has 3 aromatic rings. The van der Waals surface area contributed by atoms with Crippen molar-refractivity contribution in [2.45, 2.75) is 6.92 Å². The van der Waals surface area contributed by atoms with Gasteiger partial charge < -0.3 is 0 Å². The third-order valence-corrected chi connectivity index (χ3v) is 2.90. The van der Waals surface area contributed by atoms with Gasteiger partial charge in [-0.05, 0) is 30.7 Å². The molecule has 3 rings (SSSR count). The lowest BCUT2D eigenvalue weighted by Gasteiger charge is -1.96. The molecular formula is C14H10N2O2. The van der Waals surface area contributed by atoms with Crippen molar-refractivity contribution in [3.8, 4) is 0 Å². The number of fused-ring (bicyclic) bond motifs is 2. The van der Waals surface area contributed by atoms with Crippen molar-refractivity contribution in [2.24, 2.45) is 0 Å². The zero-order chi connectivity index (χ0) is 12.7. The van der Waals surface area contributed by atoms with E-state index in [-0.39, 0.29) is 11.1 Å². The van der Waals surface area contributed by atoms with Crippen molar-refractivity contribution in [1.82, 2.24) is 9.38 Å². The Hall–Kier alpha value is -2.49. The lowest BCUT2D eigenvalue weighted by atomic mass is 10.2. The van der Waals surface area contributed by atoms with Gasteiger partial charge in [-0.1, -0.05) is 18.2 Å². The van der Waals surface area contributed by atoms with Gasteiger partial charge >= 0.3 is 0 Å². The Morgan fingerprint density at radius 1 is 1.00 bits per heavy atom. The van der Waals surface area contributed by atoms with Crippen LogP contribution in [0.2, 0.25) is 0 Å². The predicted molar refractivity (Wildman–Crippen MR) is 70.0 cm³/mol. The Morgan fingerprint density at radius 3 is 2.50 bits per heavy atom. The van der Waals surface area contributed by atoms with Crippen molar-refractivity contribution < 1.29 is 0 Å². The quantitative estimate of drug-likeness (QED) is 0.596. The van der Waals surface area contributed by atoms with Gasteiger partial charge in [0, 0.05) is 6.20 Å². The third kappa shape index (κ3) is 1.50. The van der Waals surface area contributed by atoms with Crippen molar-refractivity contribution in [1.29, 1.82) is 0 Å². The largest absolute Gasteiger partial charge is 0.279 e. The highest BCUT2D eigenvalue weighted by Gasteiger charge is 2.05. The minimum atomic E-state index is -0.381. The molecule has 0 unspecified atom stereocenters. The van der Waals surface area contributed by atoms with Crippen LogP contribution in [0, 0.1) is 6.92 Å². The zero-order valence-electron chi connectivity index (χ0n) is 9.75. The van der Waals surface area contributed by atoms with E-state index in [1.165, 1.54) is 4.40 Å². The predicted octanol–water partition coefficient (Wildman–Crippen LogP) is 1.52. The van der Waals surface area contributed by atoms with Crippen LogP contribution in [0.1, 0.15) is 5.56 Å². The Balaban J connectivity index is 2.75. The molecule has 0 spiro atoms. The second-order valence-corrected chi connectivity index (χ2v) is 4.20. The molecule has 0 saturated heterocycles. The van der Waals surface area contributed by atoms with Crippen LogP contribution < -0.4 is 11.1 Å². The Morgan fingerprint density at radius 2 is 1.72 bits per heavy atom. The van der Waals surface area contributed by atoms with Crippen LogP contribution in [0.15, 0.2) is 52.2 Å². The molecule has 0 aliphatic carbocycles. The molecule has 0 aliphatic heterocycles. The summed E-state index contributed by atoms with van der Waals surface area (Å²) in [4.78, 5) is 28.3. The van der Waals surface area contributed by atoms with E-state index in [0.717, 1.165) is 5.56 Å². The molecule has 0 radical (unpaired) electrons. The summed E-state index contributed by atoms with van der Waals surface area (Å²) in [5.74, 6) is 0. The number of pyridine rings is 1. The van der Waals surface area contributed by atoms with Crippen molar-refractivity contribution in [3.63, 3.8) is 0 Å². The highest BCUT2D eigenvalue weighted by Crippen LogP contribution is 2.05. The van der Waals surface area contributed by atoms with Crippen LogP contribution in [0.25, 0.3) is 16.4 Å². The molecule has 0 fully saturated rings. The smallest absolute Gasteiger partial charge is 0.268 e. The first kappa shape index (κ1) is 10.7. The average Bonchev–Trinajstić information content (AvgIpc) is 2.48. The van der Waals surface area contributed by atoms with Crippen LogP contribution in [0.5, 0.6) is 0 Å². The number of aryl methyl sites for hydroxylation is 1. The van der Waals surface area contributed by atoms with E-state index < -0.39 is 0 Å². The second kappa shape index (κ2) is 3.77. The maximum absolute atomic E-state index is 12.4. The molecule has 0 saturated carbocycles. The van der Waals surface area contributed by atoms with Crippen LogP contribution in [0.3, 0.4) is 0 Å². The van der Waals surface area contributed by atoms with Gasteiger partial charge in [-0.15, -0.1) is 0 Å². The van der Waals surface area contributed by atoms with Crippen molar-refractivity contribution in [2.75, 3.05) is 0 Å². The molecule has 0 aliphatic rings. The molecule has 4 heteroatoms. The lowest BCUT2D eigenvalue weighted by Crippen LogP contribution is -2.10. The number of nitrogens with zero attached hydrogens (tertiary/aromatic N) is 2. The van der Waals surface area contributed by atoms with E-state index in [1.54, 1.807) is 36.5 Å². The maximum atomic E-state index is 12.4. The summed E-state index contributed by atoms with van der Waals surface area (Å²) in [5.41, 5.74) is 0.703. The summed E-state index contributed by atoms with van der Waals surface area (Å²) >= 11 is 0. The third-order valence-electron chi connectivity index (χ3n) is 2.90. The van der Waals surface area contributed by atoms with Crippen LogP contribution >= 0.6 is 0 Å². The molecule has 0 amide bonds. The minimum Gasteiger partial charge on any atom is -0.268 e. The topological polar surface area (TPSA) is 51.4 Å². The second-order valence-electron chi connectivity index (χ2n) is 4.20. The summed E-state index contributed by atoms with van der Waals surface area (Å²) in [7, 11) is 0. The van der Waals surface area contributed by atoms with Gasteiger partial charge in [0.15, 0.2) is 0 Å². The average molecular weight is 238 g/mol. The van der Waals surface area contributed by atoms with Crippen LogP contribution in [-0.2, 0) is 0 Å². The highest BCUT2D eigenvalue weighted by atomic mass is 16.1. The fraction of sp³-hybridized carbons (Fsp3) is 0.0714. The highest BCUT2D eigenvalue weighted by molar-refractivity contribution is 5.80. The molecule has 88 valence electrons. The van der Waals surface area contributed by atoms with Crippen LogP contribution in [0.4, 0.5) is 0 Å². The molecule has 2 aromatic heterocycles. The summed E-state index contributed by atoms with van der Waals surface area (Å²) in [6, 6.07) is 10.2. The number of aromatic nitrogens is 2. The first-order valence-electron chi connectivity index (χ1n) is 5.59. The minimum absolute atomic E-state index is 0.223. The fourth-order valence-electron chi connectivity index (χ4n) is 2.00. The number of benzene rings is 1. The van der Waals surface area contributed by atoms with E-state index in [4.69, 9.17) is 0 Å². The van der Waals surface area contributed by atoms with E-state index in [9.17, 15) is 9.59 Å². The van der Waals surface area contributed by atoms with Crippen molar-refractivity contribution in [3.05, 3.63) is 68.9 Å². The van der Waals surface area contributed by atoms with E-state index in [0.29, 0.717) is 16.4 Å². The standard InChI is InChI=1S/C14H10N2O2/c1-9-6-7-12-15-13(17)10-4-2-3-5-11(10)14(18)16(12)8-9/h2-8H,1H3. The maximum Gasteiger partial charge on any atom is 0.279 e. The molecule has 4 nitrogen and oxygen atoms in total. The normalized spacial score (nSPS) is 10.9. The van der Waals surface area contributed by atoms with Gasteiger partial charge in [0.05, 0.1) is 10.8 Å². The van der Waals surface area contributed by atoms with E-state index in [2.05, 4.69) is 4.98 Å². The zero-order valence-corrected chi connectivity index (χ0v) is 9.75. The molecule has 1 aromatic carbocycles. The first-order chi connectivity index (χ1) is 8.66. The molecular weight excluding hydrogens is 228 g/mol. The lowest BCUT2D eigenvalue weighted by molar-refractivity contribution is 1.07. The van der Waals surface area contributed by atoms with Crippen LogP contribution in [-0.4, -0.2) is 9.38 Å². The fourth-order valence-corrected chi connectivity index (χ4v) is 2.00. The summed E-state index contributed by atoms with van der Waals surface area (Å²) in [6.07, 6.45) is 1.69. The first-order valence-corrected chi connectivity index (χ1v) is 5.59. The van der Waals surface area contributed by atoms with E-state index >= 15 is 0 Å². The van der Waals surface area contributed by atoms with E-state index in [1.807, 2.05) is 13.0 Å². The number of hydrogen-bond acceptors (Lipinski definition) is 3. The summed E-state index contributed by atoms with van der Waals surface area (Å²) in [6.45, 7) is 1.89. The molecule has 0 bridgehead atoms. The van der Waals surface area contributed by atoms with Gasteiger partial charge in [0.25, 0.3) is 11.1 Å². The number of hydrogen-bond donors (Lipinski definition) is 0. The Bertz CT molecular complexity index is 882. The Labute approximate surface area is 102 Å². The summed E-state index contributed by atoms with van der Waals surface area (Å²) < 4.78 is 1.42. The van der Waals surface area contributed by atoms with Gasteiger partial charge in [-0.25, -0.2) is 0 Å². The monoisotopic (exact) mass is 238 g/mol. The SMILES string of the molecule is Cc1ccc2nc(=O)c3ccccc3c(=O)n2c1. The Kier molecular flexibility index (Phi) is 2.23. The summed E-state index contributed by atoms with van der Waals surface area (Å²) in [5, 5.41) is 0.740. The molecule has 0 atom stereocenters. The van der Waals surface area contributed by atoms with Gasteiger partial charge in [-0.3, -0.25) is 14.0 Å².